The van der Waals surface area contributed by atoms with Crippen molar-refractivity contribution < 1.29 is 14.3 Å². The van der Waals surface area contributed by atoms with E-state index in [-0.39, 0.29) is 12.5 Å². The van der Waals surface area contributed by atoms with Crippen LogP contribution >= 0.6 is 0 Å². The fraction of sp³-hybridized carbons (Fsp3) is 0.167. The van der Waals surface area contributed by atoms with Crippen molar-refractivity contribution in [3.05, 3.63) is 59.9 Å². The van der Waals surface area contributed by atoms with Gasteiger partial charge in [-0.05, 0) is 36.4 Å². The first kappa shape index (κ1) is 15.7. The summed E-state index contributed by atoms with van der Waals surface area (Å²) in [7, 11) is 0. The number of aldehydes is 1. The number of benzene rings is 2. The van der Waals surface area contributed by atoms with Crippen molar-refractivity contribution in [2.45, 2.75) is 6.42 Å². The van der Waals surface area contributed by atoms with Gasteiger partial charge in [0.25, 0.3) is 5.91 Å². The molecule has 0 atom stereocenters. The number of carbonyl (C=O) groups excluding carboxylic acids is 2. The lowest BCUT2D eigenvalue weighted by atomic mass is 10.2. The topological polar surface area (TPSA) is 84.1 Å². The Labute approximate surface area is 138 Å². The van der Waals surface area contributed by atoms with Gasteiger partial charge in [0.05, 0.1) is 11.0 Å². The van der Waals surface area contributed by atoms with Crippen molar-refractivity contribution in [3.8, 4) is 5.75 Å². The highest BCUT2D eigenvalue weighted by Gasteiger charge is 2.05. The number of nitrogens with zero attached hydrogens (tertiary/aromatic N) is 1. The molecule has 122 valence electrons. The maximum atomic E-state index is 11.8. The summed E-state index contributed by atoms with van der Waals surface area (Å²) < 4.78 is 5.37. The van der Waals surface area contributed by atoms with Gasteiger partial charge in [0.1, 0.15) is 17.9 Å². The molecule has 0 aliphatic rings. The van der Waals surface area contributed by atoms with Crippen molar-refractivity contribution in [3.63, 3.8) is 0 Å². The highest BCUT2D eigenvalue weighted by molar-refractivity contribution is 5.78. The van der Waals surface area contributed by atoms with Crippen LogP contribution in [0.5, 0.6) is 5.75 Å². The van der Waals surface area contributed by atoms with E-state index >= 15 is 0 Å². The first-order valence-corrected chi connectivity index (χ1v) is 7.63. The second-order valence-corrected chi connectivity index (χ2v) is 5.28. The molecule has 24 heavy (non-hydrogen) atoms. The van der Waals surface area contributed by atoms with Crippen molar-refractivity contribution in [1.82, 2.24) is 15.3 Å². The minimum absolute atomic E-state index is 0.0689. The molecule has 0 radical (unpaired) electrons. The van der Waals surface area contributed by atoms with E-state index in [2.05, 4.69) is 15.3 Å². The molecule has 6 nitrogen and oxygen atoms in total. The number of carbonyl (C=O) groups is 2. The fourth-order valence-corrected chi connectivity index (χ4v) is 2.29. The third-order valence-corrected chi connectivity index (χ3v) is 3.51. The minimum atomic E-state index is -0.203. The molecule has 0 fully saturated rings. The van der Waals surface area contributed by atoms with Crippen molar-refractivity contribution >= 4 is 23.2 Å². The third kappa shape index (κ3) is 3.98. The molecule has 3 aromatic rings. The quantitative estimate of drug-likeness (QED) is 0.652. The highest BCUT2D eigenvalue weighted by Crippen LogP contribution is 2.11. The van der Waals surface area contributed by atoms with Gasteiger partial charge in [0.15, 0.2) is 6.61 Å². The molecule has 0 saturated carbocycles. The van der Waals surface area contributed by atoms with Gasteiger partial charge in [0.2, 0.25) is 0 Å². The molecular formula is C18H17N3O3. The Bertz CT molecular complexity index is 807. The molecule has 1 amide bonds. The predicted molar refractivity (Wildman–Crippen MR) is 90.1 cm³/mol. The second kappa shape index (κ2) is 7.41. The Kier molecular flexibility index (Phi) is 4.86. The Balaban J connectivity index is 1.42. The molecule has 0 aliphatic carbocycles. The number of H-pyrrole nitrogens is 1. The predicted octanol–water partition coefficient (Wildman–Crippen LogP) is 2.11. The van der Waals surface area contributed by atoms with Gasteiger partial charge in [0, 0.05) is 18.5 Å². The maximum Gasteiger partial charge on any atom is 0.257 e. The molecule has 0 saturated heterocycles. The summed E-state index contributed by atoms with van der Waals surface area (Å²) in [6.07, 6.45) is 1.38. The molecule has 0 bridgehead atoms. The van der Waals surface area contributed by atoms with E-state index in [1.54, 1.807) is 24.3 Å². The molecule has 6 heteroatoms. The van der Waals surface area contributed by atoms with E-state index in [1.165, 1.54) is 0 Å². The zero-order chi connectivity index (χ0) is 16.8. The summed E-state index contributed by atoms with van der Waals surface area (Å²) in [4.78, 5) is 30.0. The third-order valence-electron chi connectivity index (χ3n) is 3.51. The van der Waals surface area contributed by atoms with E-state index in [1.807, 2.05) is 24.3 Å². The van der Waals surface area contributed by atoms with Crippen LogP contribution in [-0.2, 0) is 11.2 Å². The molecule has 2 N–H and O–H groups in total. The number of hydrogen-bond acceptors (Lipinski definition) is 4. The summed E-state index contributed by atoms with van der Waals surface area (Å²) in [6.45, 7) is 0.409. The van der Waals surface area contributed by atoms with Crippen LogP contribution in [-0.4, -0.2) is 35.3 Å². The number of aromatic nitrogens is 2. The van der Waals surface area contributed by atoms with Crippen molar-refractivity contribution in [2.75, 3.05) is 13.2 Å². The van der Waals surface area contributed by atoms with Gasteiger partial charge < -0.3 is 15.0 Å². The zero-order valence-electron chi connectivity index (χ0n) is 13.0. The standard InChI is InChI=1S/C18H17N3O3/c22-11-13-5-7-14(8-6-13)24-12-18(23)19-10-9-17-20-15-3-1-2-4-16(15)21-17/h1-8,11H,9-10,12H2,(H,19,23)(H,20,21). The van der Waals surface area contributed by atoms with E-state index in [4.69, 9.17) is 4.74 Å². The molecule has 0 aliphatic heterocycles. The number of aromatic amines is 1. The highest BCUT2D eigenvalue weighted by atomic mass is 16.5. The van der Waals surface area contributed by atoms with Gasteiger partial charge >= 0.3 is 0 Å². The number of hydrogen-bond donors (Lipinski definition) is 2. The average molecular weight is 323 g/mol. The maximum absolute atomic E-state index is 11.8. The lowest BCUT2D eigenvalue weighted by Gasteiger charge is -2.07. The molecule has 1 heterocycles. The number of fused-ring (bicyclic) bond motifs is 1. The number of ether oxygens (including phenoxy) is 1. The van der Waals surface area contributed by atoms with E-state index < -0.39 is 0 Å². The SMILES string of the molecule is O=Cc1ccc(OCC(=O)NCCc2nc3ccccc3[nH]2)cc1. The van der Waals surface area contributed by atoms with Crippen molar-refractivity contribution in [1.29, 1.82) is 0 Å². The normalized spacial score (nSPS) is 10.5. The molecular weight excluding hydrogens is 306 g/mol. The Morgan fingerprint density at radius 1 is 1.17 bits per heavy atom. The molecule has 1 aromatic heterocycles. The number of rotatable bonds is 7. The van der Waals surface area contributed by atoms with Gasteiger partial charge in [-0.3, -0.25) is 9.59 Å². The van der Waals surface area contributed by atoms with Crippen LogP contribution in [0.2, 0.25) is 0 Å². The number of nitrogens with one attached hydrogen (secondary N) is 2. The second-order valence-electron chi connectivity index (χ2n) is 5.28. The minimum Gasteiger partial charge on any atom is -0.484 e. The Hall–Kier alpha value is -3.15. The number of imidazole rings is 1. The first-order chi connectivity index (χ1) is 11.7. The molecule has 3 rings (SSSR count). The summed E-state index contributed by atoms with van der Waals surface area (Å²) >= 11 is 0. The number of para-hydroxylation sites is 2. The van der Waals surface area contributed by atoms with Gasteiger partial charge in [-0.2, -0.15) is 0 Å². The summed E-state index contributed by atoms with van der Waals surface area (Å²) in [6, 6.07) is 14.4. The van der Waals surface area contributed by atoms with Crippen LogP contribution < -0.4 is 10.1 Å². The van der Waals surface area contributed by atoms with E-state index in [0.717, 1.165) is 23.1 Å². The molecule has 0 unspecified atom stereocenters. The van der Waals surface area contributed by atoms with Gasteiger partial charge in [-0.25, -0.2) is 4.98 Å². The lowest BCUT2D eigenvalue weighted by molar-refractivity contribution is -0.123. The van der Waals surface area contributed by atoms with Crippen LogP contribution in [0.15, 0.2) is 48.5 Å². The van der Waals surface area contributed by atoms with Crippen LogP contribution in [0.25, 0.3) is 11.0 Å². The zero-order valence-corrected chi connectivity index (χ0v) is 13.0. The monoisotopic (exact) mass is 323 g/mol. The Morgan fingerprint density at radius 2 is 1.96 bits per heavy atom. The van der Waals surface area contributed by atoms with Crippen LogP contribution in [0.3, 0.4) is 0 Å². The fourth-order valence-electron chi connectivity index (χ4n) is 2.29. The van der Waals surface area contributed by atoms with Gasteiger partial charge in [-0.1, -0.05) is 12.1 Å². The smallest absolute Gasteiger partial charge is 0.257 e. The largest absolute Gasteiger partial charge is 0.484 e. The van der Waals surface area contributed by atoms with Crippen LogP contribution in [0.4, 0.5) is 0 Å². The number of amides is 1. The van der Waals surface area contributed by atoms with Crippen LogP contribution in [0, 0.1) is 0 Å². The summed E-state index contributed by atoms with van der Waals surface area (Å²) in [5, 5.41) is 2.79. The van der Waals surface area contributed by atoms with Crippen LogP contribution in [0.1, 0.15) is 16.2 Å². The first-order valence-electron chi connectivity index (χ1n) is 7.63. The van der Waals surface area contributed by atoms with Crippen molar-refractivity contribution in [2.24, 2.45) is 0 Å². The molecule has 2 aromatic carbocycles. The Morgan fingerprint density at radius 3 is 2.71 bits per heavy atom. The lowest BCUT2D eigenvalue weighted by Crippen LogP contribution is -2.30. The summed E-state index contributed by atoms with van der Waals surface area (Å²) in [5.74, 6) is 1.18. The van der Waals surface area contributed by atoms with Gasteiger partial charge in [-0.15, -0.1) is 0 Å². The van der Waals surface area contributed by atoms with E-state index in [0.29, 0.717) is 24.3 Å². The molecule has 0 spiro atoms. The summed E-state index contributed by atoms with van der Waals surface area (Å²) in [5.41, 5.74) is 2.47. The average Bonchev–Trinajstić information content (AvgIpc) is 3.03. The van der Waals surface area contributed by atoms with E-state index in [9.17, 15) is 9.59 Å².